The number of rotatable bonds is 10. The van der Waals surface area contributed by atoms with E-state index in [0.717, 1.165) is 19.3 Å². The lowest BCUT2D eigenvalue weighted by Crippen LogP contribution is -2.37. The zero-order valence-corrected chi connectivity index (χ0v) is 13.6. The SMILES string of the molecule is C=C(C)C(=O)CCCC(CC)CC(O)CN1C(=O)CCC1=O. The van der Waals surface area contributed by atoms with Crippen molar-refractivity contribution in [2.45, 2.75) is 64.9 Å². The number of aliphatic hydroxyl groups is 1. The molecule has 2 unspecified atom stereocenters. The van der Waals surface area contributed by atoms with E-state index in [1.54, 1.807) is 6.92 Å². The van der Waals surface area contributed by atoms with Crippen LogP contribution in [0, 0.1) is 5.92 Å². The zero-order chi connectivity index (χ0) is 16.7. The minimum atomic E-state index is -0.687. The molecule has 2 amide bonds. The van der Waals surface area contributed by atoms with Gasteiger partial charge in [0.1, 0.15) is 0 Å². The number of imide groups is 1. The summed E-state index contributed by atoms with van der Waals surface area (Å²) < 4.78 is 0. The highest BCUT2D eigenvalue weighted by Gasteiger charge is 2.30. The molecule has 1 N–H and O–H groups in total. The Labute approximate surface area is 132 Å². The van der Waals surface area contributed by atoms with Gasteiger partial charge in [-0.3, -0.25) is 19.3 Å². The molecule has 1 aliphatic heterocycles. The lowest BCUT2D eigenvalue weighted by molar-refractivity contribution is -0.140. The summed E-state index contributed by atoms with van der Waals surface area (Å²) in [6.07, 6.45) is 3.40. The van der Waals surface area contributed by atoms with Crippen molar-refractivity contribution in [1.82, 2.24) is 4.90 Å². The first-order valence-electron chi connectivity index (χ1n) is 8.05. The average molecular weight is 309 g/mol. The number of ketones is 1. The summed E-state index contributed by atoms with van der Waals surface area (Å²) in [5, 5.41) is 10.1. The van der Waals surface area contributed by atoms with E-state index in [4.69, 9.17) is 0 Å². The van der Waals surface area contributed by atoms with E-state index in [1.165, 1.54) is 4.90 Å². The number of carbonyl (C=O) groups excluding carboxylic acids is 3. The van der Waals surface area contributed by atoms with Crippen LogP contribution in [0.15, 0.2) is 12.2 Å². The number of Topliss-reactive ketones (excluding diaryl/α,β-unsaturated/α-hetero) is 1. The predicted molar refractivity (Wildman–Crippen MR) is 84.0 cm³/mol. The molecule has 0 saturated carbocycles. The highest BCUT2D eigenvalue weighted by molar-refractivity contribution is 6.01. The molecule has 0 bridgehead atoms. The maximum atomic E-state index is 11.5. The van der Waals surface area contributed by atoms with Crippen molar-refractivity contribution >= 4 is 17.6 Å². The van der Waals surface area contributed by atoms with Crippen LogP contribution in [0.3, 0.4) is 0 Å². The van der Waals surface area contributed by atoms with Gasteiger partial charge in [0.15, 0.2) is 5.78 Å². The van der Waals surface area contributed by atoms with E-state index < -0.39 is 6.10 Å². The number of hydrogen-bond donors (Lipinski definition) is 1. The second-order valence-corrected chi connectivity index (χ2v) is 6.16. The number of nitrogens with zero attached hydrogens (tertiary/aromatic N) is 1. The average Bonchev–Trinajstić information content (AvgIpc) is 2.77. The number of hydrogen-bond acceptors (Lipinski definition) is 4. The third-order valence-corrected chi connectivity index (χ3v) is 4.22. The third-order valence-electron chi connectivity index (χ3n) is 4.22. The molecule has 0 aromatic rings. The van der Waals surface area contributed by atoms with Gasteiger partial charge in [-0.15, -0.1) is 0 Å². The molecule has 22 heavy (non-hydrogen) atoms. The lowest BCUT2D eigenvalue weighted by atomic mass is 9.92. The Morgan fingerprint density at radius 1 is 1.32 bits per heavy atom. The summed E-state index contributed by atoms with van der Waals surface area (Å²) >= 11 is 0. The number of allylic oxidation sites excluding steroid dienone is 1. The molecule has 0 aromatic heterocycles. The van der Waals surface area contributed by atoms with Crippen molar-refractivity contribution in [3.63, 3.8) is 0 Å². The van der Waals surface area contributed by atoms with Crippen LogP contribution in [-0.4, -0.2) is 40.3 Å². The van der Waals surface area contributed by atoms with Crippen molar-refractivity contribution in [2.75, 3.05) is 6.54 Å². The van der Waals surface area contributed by atoms with E-state index in [9.17, 15) is 19.5 Å². The summed E-state index contributed by atoms with van der Waals surface area (Å²) in [6.45, 7) is 7.49. The van der Waals surface area contributed by atoms with Crippen LogP contribution in [0.2, 0.25) is 0 Å². The first kappa shape index (κ1) is 18.6. The second kappa shape index (κ2) is 8.83. The Morgan fingerprint density at radius 2 is 1.91 bits per heavy atom. The smallest absolute Gasteiger partial charge is 0.229 e. The molecule has 1 rings (SSSR count). The number of amides is 2. The molecular formula is C17H27NO4. The van der Waals surface area contributed by atoms with Gasteiger partial charge in [-0.05, 0) is 37.7 Å². The topological polar surface area (TPSA) is 74.7 Å². The number of carbonyl (C=O) groups is 3. The lowest BCUT2D eigenvalue weighted by Gasteiger charge is -2.22. The molecule has 124 valence electrons. The van der Waals surface area contributed by atoms with Crippen LogP contribution < -0.4 is 0 Å². The molecule has 1 heterocycles. The fourth-order valence-corrected chi connectivity index (χ4v) is 2.75. The van der Waals surface area contributed by atoms with Crippen molar-refractivity contribution < 1.29 is 19.5 Å². The van der Waals surface area contributed by atoms with E-state index >= 15 is 0 Å². The molecule has 1 saturated heterocycles. The van der Waals surface area contributed by atoms with E-state index in [0.29, 0.717) is 24.3 Å². The van der Waals surface area contributed by atoms with Gasteiger partial charge in [-0.25, -0.2) is 0 Å². The van der Waals surface area contributed by atoms with Gasteiger partial charge in [0, 0.05) is 19.3 Å². The molecule has 0 aliphatic carbocycles. The molecule has 1 fully saturated rings. The normalized spacial score (nSPS) is 17.7. The summed E-state index contributed by atoms with van der Waals surface area (Å²) in [7, 11) is 0. The standard InChI is InChI=1S/C17H27NO4/c1-4-13(6-5-7-15(20)12(2)3)10-14(19)11-18-16(21)8-9-17(18)22/h13-14,19H,2,4-11H2,1,3H3. The van der Waals surface area contributed by atoms with Crippen LogP contribution >= 0.6 is 0 Å². The Balaban J connectivity index is 2.35. The molecule has 2 atom stereocenters. The highest BCUT2D eigenvalue weighted by Crippen LogP contribution is 2.21. The first-order chi connectivity index (χ1) is 10.3. The van der Waals surface area contributed by atoms with Crippen molar-refractivity contribution in [1.29, 1.82) is 0 Å². The fraction of sp³-hybridized carbons (Fsp3) is 0.706. The van der Waals surface area contributed by atoms with Crippen LogP contribution in [0.4, 0.5) is 0 Å². The summed E-state index contributed by atoms with van der Waals surface area (Å²) in [5.74, 6) is -0.00213. The van der Waals surface area contributed by atoms with Gasteiger partial charge in [0.25, 0.3) is 0 Å². The Morgan fingerprint density at radius 3 is 2.41 bits per heavy atom. The van der Waals surface area contributed by atoms with E-state index in [2.05, 4.69) is 6.58 Å². The van der Waals surface area contributed by atoms with Crippen molar-refractivity contribution in [3.05, 3.63) is 12.2 Å². The first-order valence-corrected chi connectivity index (χ1v) is 8.05. The molecule has 0 radical (unpaired) electrons. The third kappa shape index (κ3) is 5.72. The predicted octanol–water partition coefficient (Wildman–Crippen LogP) is 2.23. The van der Waals surface area contributed by atoms with Crippen LogP contribution in [0.5, 0.6) is 0 Å². The van der Waals surface area contributed by atoms with Crippen molar-refractivity contribution in [3.8, 4) is 0 Å². The number of β-amino-alcohol motifs (C(OH)–C–C–N with tert-alkyl or cyclic N) is 1. The minimum Gasteiger partial charge on any atom is -0.391 e. The van der Waals surface area contributed by atoms with Crippen LogP contribution in [0.25, 0.3) is 0 Å². The molecule has 0 spiro atoms. The monoisotopic (exact) mass is 309 g/mol. The summed E-state index contributed by atoms with van der Waals surface area (Å²) in [6, 6.07) is 0. The molecule has 1 aliphatic rings. The maximum Gasteiger partial charge on any atom is 0.229 e. The van der Waals surface area contributed by atoms with Gasteiger partial charge in [-0.2, -0.15) is 0 Å². The molecule has 0 aromatic carbocycles. The van der Waals surface area contributed by atoms with Gasteiger partial charge >= 0.3 is 0 Å². The molecular weight excluding hydrogens is 282 g/mol. The minimum absolute atomic E-state index is 0.0867. The van der Waals surface area contributed by atoms with Gasteiger partial charge in [-0.1, -0.05) is 19.9 Å². The molecule has 5 nitrogen and oxygen atoms in total. The Bertz CT molecular complexity index is 428. The van der Waals surface area contributed by atoms with Crippen molar-refractivity contribution in [2.24, 2.45) is 5.92 Å². The van der Waals surface area contributed by atoms with Gasteiger partial charge in [0.2, 0.25) is 11.8 Å². The molecule has 5 heteroatoms. The van der Waals surface area contributed by atoms with Crippen LogP contribution in [0.1, 0.15) is 58.8 Å². The maximum absolute atomic E-state index is 11.5. The second-order valence-electron chi connectivity index (χ2n) is 6.16. The quantitative estimate of drug-likeness (QED) is 0.496. The van der Waals surface area contributed by atoms with Gasteiger partial charge < -0.3 is 5.11 Å². The summed E-state index contributed by atoms with van der Waals surface area (Å²) in [4.78, 5) is 35.7. The highest BCUT2D eigenvalue weighted by atomic mass is 16.3. The number of likely N-dealkylation sites (tertiary alicyclic amines) is 1. The Hall–Kier alpha value is -1.49. The number of aliphatic hydroxyl groups excluding tert-OH is 1. The van der Waals surface area contributed by atoms with E-state index in [1.807, 2.05) is 6.92 Å². The fourth-order valence-electron chi connectivity index (χ4n) is 2.75. The zero-order valence-electron chi connectivity index (χ0n) is 13.6. The summed E-state index contributed by atoms with van der Waals surface area (Å²) in [5.41, 5.74) is 0.583. The van der Waals surface area contributed by atoms with E-state index in [-0.39, 0.29) is 37.0 Å². The van der Waals surface area contributed by atoms with Gasteiger partial charge in [0.05, 0.1) is 12.6 Å². The van der Waals surface area contributed by atoms with Crippen LogP contribution in [-0.2, 0) is 14.4 Å². The largest absolute Gasteiger partial charge is 0.391 e. The Kier molecular flexibility index (Phi) is 7.45.